The van der Waals surface area contributed by atoms with Crippen LogP contribution in [0.3, 0.4) is 0 Å². The molecule has 0 bridgehead atoms. The second kappa shape index (κ2) is 5.66. The van der Waals surface area contributed by atoms with Crippen molar-refractivity contribution in [3.8, 4) is 0 Å². The summed E-state index contributed by atoms with van der Waals surface area (Å²) in [6.07, 6.45) is 0. The molecule has 2 heterocycles. The van der Waals surface area contributed by atoms with Crippen molar-refractivity contribution < 1.29 is 0 Å². The van der Waals surface area contributed by atoms with Gasteiger partial charge in [0.2, 0.25) is 0 Å². The van der Waals surface area contributed by atoms with Crippen LogP contribution in [0.25, 0.3) is 0 Å². The summed E-state index contributed by atoms with van der Waals surface area (Å²) in [5.41, 5.74) is 0.135. The molecule has 0 aliphatic carbocycles. The first-order chi connectivity index (χ1) is 8.49. The number of nitrogens with one attached hydrogen (secondary N) is 1. The second-order valence-electron chi connectivity index (χ2n) is 5.70. The van der Waals surface area contributed by atoms with Crippen LogP contribution in [-0.2, 0) is 5.41 Å². The van der Waals surface area contributed by atoms with Gasteiger partial charge < -0.3 is 5.32 Å². The Morgan fingerprint density at radius 2 is 2.22 bits per heavy atom. The average molecular weight is 282 g/mol. The molecule has 2 nitrogen and oxygen atoms in total. The van der Waals surface area contributed by atoms with Crippen LogP contribution in [0.1, 0.15) is 32.6 Å². The quantitative estimate of drug-likeness (QED) is 0.913. The highest BCUT2D eigenvalue weighted by molar-refractivity contribution is 8.13. The highest BCUT2D eigenvalue weighted by Gasteiger charge is 2.24. The summed E-state index contributed by atoms with van der Waals surface area (Å²) in [5.74, 6) is 1.89. The molecule has 0 amide bonds. The van der Waals surface area contributed by atoms with E-state index >= 15 is 0 Å². The largest absolute Gasteiger partial charge is 0.362 e. The molecule has 0 saturated carbocycles. The Morgan fingerprint density at radius 3 is 2.83 bits per heavy atom. The number of amidine groups is 1. The Hall–Kier alpha value is -0.480. The summed E-state index contributed by atoms with van der Waals surface area (Å²) in [7, 11) is 0. The van der Waals surface area contributed by atoms with E-state index in [1.807, 2.05) is 23.1 Å². The van der Waals surface area contributed by atoms with Gasteiger partial charge in [0.1, 0.15) is 0 Å². The van der Waals surface area contributed by atoms with E-state index in [1.54, 1.807) is 0 Å². The molecule has 100 valence electrons. The van der Waals surface area contributed by atoms with Gasteiger partial charge in [-0.1, -0.05) is 38.6 Å². The molecule has 0 spiro atoms. The maximum absolute atomic E-state index is 4.77. The first-order valence-electron chi connectivity index (χ1n) is 6.47. The molecular formula is C14H22N2S2. The van der Waals surface area contributed by atoms with Gasteiger partial charge in [-0.3, -0.25) is 4.99 Å². The first kappa shape index (κ1) is 13.9. The van der Waals surface area contributed by atoms with Crippen molar-refractivity contribution in [2.45, 2.75) is 39.2 Å². The Labute approximate surface area is 118 Å². The van der Waals surface area contributed by atoms with Gasteiger partial charge in [-0.25, -0.2) is 0 Å². The normalized spacial score (nSPS) is 27.2. The SMILES string of the molecule is CC1CSC(=NCC(C)(C)c2cccs2)NC1C. The zero-order valence-corrected chi connectivity index (χ0v) is 13.2. The van der Waals surface area contributed by atoms with Crippen LogP contribution in [0.2, 0.25) is 0 Å². The molecule has 18 heavy (non-hydrogen) atoms. The van der Waals surface area contributed by atoms with Gasteiger partial charge in [0.05, 0.1) is 6.54 Å². The fourth-order valence-electron chi connectivity index (χ4n) is 1.84. The van der Waals surface area contributed by atoms with E-state index in [9.17, 15) is 0 Å². The summed E-state index contributed by atoms with van der Waals surface area (Å²) in [4.78, 5) is 6.18. The minimum absolute atomic E-state index is 0.135. The van der Waals surface area contributed by atoms with Crippen LogP contribution < -0.4 is 5.32 Å². The lowest BCUT2D eigenvalue weighted by molar-refractivity contribution is 0.487. The number of rotatable bonds is 3. The standard InChI is InChI=1S/C14H22N2S2/c1-10-8-18-13(16-11(10)2)15-9-14(3,4)12-6-5-7-17-12/h5-7,10-11H,8-9H2,1-4H3,(H,15,16). The minimum atomic E-state index is 0.135. The maximum atomic E-state index is 4.77. The van der Waals surface area contributed by atoms with E-state index in [-0.39, 0.29) is 5.41 Å². The Kier molecular flexibility index (Phi) is 4.38. The molecule has 1 aromatic heterocycles. The molecule has 1 aromatic rings. The predicted molar refractivity (Wildman–Crippen MR) is 83.9 cm³/mol. The fourth-order valence-corrected chi connectivity index (χ4v) is 3.81. The topological polar surface area (TPSA) is 24.4 Å². The summed E-state index contributed by atoms with van der Waals surface area (Å²) in [6.45, 7) is 9.91. The van der Waals surface area contributed by atoms with Gasteiger partial charge in [0, 0.05) is 22.1 Å². The zero-order valence-electron chi connectivity index (χ0n) is 11.6. The van der Waals surface area contributed by atoms with Gasteiger partial charge >= 0.3 is 0 Å². The Morgan fingerprint density at radius 1 is 1.44 bits per heavy atom. The molecule has 0 radical (unpaired) electrons. The van der Waals surface area contributed by atoms with Gasteiger partial charge in [-0.15, -0.1) is 11.3 Å². The molecule has 1 aliphatic heterocycles. The van der Waals surface area contributed by atoms with E-state index in [1.165, 1.54) is 10.6 Å². The number of aliphatic imine (C=N–C) groups is 1. The predicted octanol–water partition coefficient (Wildman–Crippen LogP) is 3.74. The van der Waals surface area contributed by atoms with E-state index in [4.69, 9.17) is 4.99 Å². The smallest absolute Gasteiger partial charge is 0.156 e. The molecule has 2 rings (SSSR count). The van der Waals surface area contributed by atoms with Crippen molar-refractivity contribution in [3.63, 3.8) is 0 Å². The fraction of sp³-hybridized carbons (Fsp3) is 0.643. The summed E-state index contributed by atoms with van der Waals surface area (Å²) in [5, 5.41) is 6.76. The average Bonchev–Trinajstić information content (AvgIpc) is 2.85. The third-order valence-corrected chi connectivity index (χ3v) is 5.94. The van der Waals surface area contributed by atoms with Gasteiger partial charge in [-0.2, -0.15) is 0 Å². The van der Waals surface area contributed by atoms with Crippen molar-refractivity contribution in [3.05, 3.63) is 22.4 Å². The minimum Gasteiger partial charge on any atom is -0.362 e. The van der Waals surface area contributed by atoms with E-state index < -0.39 is 0 Å². The monoisotopic (exact) mass is 282 g/mol. The van der Waals surface area contributed by atoms with Crippen molar-refractivity contribution in [2.75, 3.05) is 12.3 Å². The van der Waals surface area contributed by atoms with Crippen molar-refractivity contribution in [1.29, 1.82) is 0 Å². The number of thiophene rings is 1. The highest BCUT2D eigenvalue weighted by atomic mass is 32.2. The molecular weight excluding hydrogens is 260 g/mol. The number of hydrogen-bond donors (Lipinski definition) is 1. The number of hydrogen-bond acceptors (Lipinski definition) is 3. The van der Waals surface area contributed by atoms with E-state index in [0.29, 0.717) is 6.04 Å². The van der Waals surface area contributed by atoms with Crippen LogP contribution in [0, 0.1) is 5.92 Å². The summed E-state index contributed by atoms with van der Waals surface area (Å²) >= 11 is 3.68. The van der Waals surface area contributed by atoms with E-state index in [2.05, 4.69) is 50.5 Å². The molecule has 1 aliphatic rings. The second-order valence-corrected chi connectivity index (χ2v) is 7.66. The van der Waals surface area contributed by atoms with Crippen LogP contribution >= 0.6 is 23.1 Å². The molecule has 2 atom stereocenters. The van der Waals surface area contributed by atoms with E-state index in [0.717, 1.165) is 17.6 Å². The van der Waals surface area contributed by atoms with Crippen molar-refractivity contribution in [2.24, 2.45) is 10.9 Å². The van der Waals surface area contributed by atoms with Gasteiger partial charge in [0.15, 0.2) is 5.17 Å². The lowest BCUT2D eigenvalue weighted by atomic mass is 9.92. The molecule has 2 unspecified atom stereocenters. The third kappa shape index (κ3) is 3.29. The van der Waals surface area contributed by atoms with Gasteiger partial charge in [-0.05, 0) is 24.3 Å². The first-order valence-corrected chi connectivity index (χ1v) is 8.33. The van der Waals surface area contributed by atoms with Gasteiger partial charge in [0.25, 0.3) is 0 Å². The van der Waals surface area contributed by atoms with Crippen molar-refractivity contribution >= 4 is 28.3 Å². The highest BCUT2D eigenvalue weighted by Crippen LogP contribution is 2.28. The van der Waals surface area contributed by atoms with Crippen LogP contribution in [0.5, 0.6) is 0 Å². The number of nitrogens with zero attached hydrogens (tertiary/aromatic N) is 1. The molecule has 1 saturated heterocycles. The van der Waals surface area contributed by atoms with Crippen LogP contribution in [0.4, 0.5) is 0 Å². The third-order valence-electron chi connectivity index (χ3n) is 3.49. The van der Waals surface area contributed by atoms with Crippen molar-refractivity contribution in [1.82, 2.24) is 5.32 Å². The lowest BCUT2D eigenvalue weighted by Gasteiger charge is -2.29. The molecule has 1 N–H and O–H groups in total. The summed E-state index contributed by atoms with van der Waals surface area (Å²) in [6, 6.07) is 4.86. The Balaban J connectivity index is 1.98. The van der Waals surface area contributed by atoms with Crippen LogP contribution in [0.15, 0.2) is 22.5 Å². The Bertz CT molecular complexity index is 409. The zero-order chi connectivity index (χ0) is 13.2. The molecule has 0 aromatic carbocycles. The molecule has 4 heteroatoms. The van der Waals surface area contributed by atoms with Crippen LogP contribution in [-0.4, -0.2) is 23.5 Å². The number of thioether (sulfide) groups is 1. The molecule has 1 fully saturated rings. The lowest BCUT2D eigenvalue weighted by Crippen LogP contribution is -2.41. The maximum Gasteiger partial charge on any atom is 0.156 e. The summed E-state index contributed by atoms with van der Waals surface area (Å²) < 4.78 is 0.